The van der Waals surface area contributed by atoms with Gasteiger partial charge in [0.05, 0.1) is 5.69 Å². The van der Waals surface area contributed by atoms with Crippen molar-refractivity contribution in [2.45, 2.75) is 6.42 Å². The van der Waals surface area contributed by atoms with E-state index in [0.29, 0.717) is 24.4 Å². The van der Waals surface area contributed by atoms with Crippen molar-refractivity contribution < 1.29 is 9.53 Å². The van der Waals surface area contributed by atoms with E-state index in [1.807, 2.05) is 12.1 Å². The van der Waals surface area contributed by atoms with Crippen molar-refractivity contribution in [1.82, 2.24) is 0 Å². The summed E-state index contributed by atoms with van der Waals surface area (Å²) in [5, 5.41) is 2.72. The first-order chi connectivity index (χ1) is 7.79. The lowest BCUT2D eigenvalue weighted by molar-refractivity contribution is -0.118. The molecule has 0 aliphatic carbocycles. The standard InChI is InChI=1S/C12H12N2O2/c13-6-2-1-3-9-4-5-10-11(7-9)16-8-12(15)14-10/h4-5,7H,2,6,8,13H2,(H,14,15). The molecule has 0 saturated heterocycles. The Bertz CT molecular complexity index is 472. The zero-order chi connectivity index (χ0) is 11.4. The lowest BCUT2D eigenvalue weighted by Gasteiger charge is -2.17. The smallest absolute Gasteiger partial charge is 0.262 e. The minimum absolute atomic E-state index is 0.0622. The van der Waals surface area contributed by atoms with Crippen LogP contribution in [0.4, 0.5) is 5.69 Å². The number of anilines is 1. The number of benzene rings is 1. The van der Waals surface area contributed by atoms with Crippen LogP contribution in [0.2, 0.25) is 0 Å². The number of carbonyl (C=O) groups excluding carboxylic acids is 1. The Balaban J connectivity index is 2.20. The molecule has 1 aromatic rings. The van der Waals surface area contributed by atoms with E-state index in [-0.39, 0.29) is 12.5 Å². The second kappa shape index (κ2) is 4.69. The van der Waals surface area contributed by atoms with E-state index in [2.05, 4.69) is 17.2 Å². The molecule has 4 heteroatoms. The Hall–Kier alpha value is -1.99. The second-order valence-corrected chi connectivity index (χ2v) is 3.39. The molecular weight excluding hydrogens is 204 g/mol. The van der Waals surface area contributed by atoms with Gasteiger partial charge < -0.3 is 15.8 Å². The van der Waals surface area contributed by atoms with Crippen LogP contribution < -0.4 is 15.8 Å². The molecule has 1 aliphatic rings. The molecular formula is C12H12N2O2. The molecule has 1 heterocycles. The topological polar surface area (TPSA) is 64.3 Å². The first kappa shape index (κ1) is 10.5. The van der Waals surface area contributed by atoms with Crippen LogP contribution in [-0.2, 0) is 4.79 Å². The van der Waals surface area contributed by atoms with Crippen molar-refractivity contribution >= 4 is 11.6 Å². The van der Waals surface area contributed by atoms with Gasteiger partial charge in [0.25, 0.3) is 5.91 Å². The fraction of sp³-hybridized carbons (Fsp3) is 0.250. The van der Waals surface area contributed by atoms with Gasteiger partial charge in [-0.15, -0.1) is 0 Å². The minimum Gasteiger partial charge on any atom is -0.482 e. The zero-order valence-electron chi connectivity index (χ0n) is 8.75. The van der Waals surface area contributed by atoms with Crippen LogP contribution in [0.3, 0.4) is 0 Å². The summed E-state index contributed by atoms with van der Waals surface area (Å²) in [6, 6.07) is 5.45. The highest BCUT2D eigenvalue weighted by atomic mass is 16.5. The number of hydrogen-bond acceptors (Lipinski definition) is 3. The van der Waals surface area contributed by atoms with Crippen LogP contribution in [0.1, 0.15) is 12.0 Å². The van der Waals surface area contributed by atoms with Crippen LogP contribution in [0.5, 0.6) is 5.75 Å². The van der Waals surface area contributed by atoms with Gasteiger partial charge in [0, 0.05) is 18.5 Å². The molecule has 0 aromatic heterocycles. The van der Waals surface area contributed by atoms with E-state index >= 15 is 0 Å². The summed E-state index contributed by atoms with van der Waals surface area (Å²) in [6.07, 6.45) is 0.675. The Morgan fingerprint density at radius 2 is 2.38 bits per heavy atom. The van der Waals surface area contributed by atoms with Gasteiger partial charge in [-0.25, -0.2) is 0 Å². The Labute approximate surface area is 93.8 Å². The molecule has 1 amide bonds. The lowest BCUT2D eigenvalue weighted by Crippen LogP contribution is -2.25. The number of nitrogens with two attached hydrogens (primary N) is 1. The average molecular weight is 216 g/mol. The minimum atomic E-state index is -0.130. The van der Waals surface area contributed by atoms with E-state index in [0.717, 1.165) is 5.56 Å². The fourth-order valence-corrected chi connectivity index (χ4v) is 1.39. The quantitative estimate of drug-likeness (QED) is 0.680. The molecule has 3 N–H and O–H groups in total. The van der Waals surface area contributed by atoms with Crippen LogP contribution in [0, 0.1) is 11.8 Å². The molecule has 0 fully saturated rings. The Morgan fingerprint density at radius 3 is 3.19 bits per heavy atom. The summed E-state index contributed by atoms with van der Waals surface area (Å²) in [7, 11) is 0. The summed E-state index contributed by atoms with van der Waals surface area (Å²) < 4.78 is 5.28. The monoisotopic (exact) mass is 216 g/mol. The first-order valence-corrected chi connectivity index (χ1v) is 5.05. The number of ether oxygens (including phenoxy) is 1. The highest BCUT2D eigenvalue weighted by Gasteiger charge is 2.15. The van der Waals surface area contributed by atoms with Crippen molar-refractivity contribution in [3.05, 3.63) is 23.8 Å². The molecule has 16 heavy (non-hydrogen) atoms. The van der Waals surface area contributed by atoms with Gasteiger partial charge in [0.2, 0.25) is 0 Å². The van der Waals surface area contributed by atoms with Gasteiger partial charge in [-0.1, -0.05) is 11.8 Å². The molecule has 1 aromatic carbocycles. The molecule has 0 atom stereocenters. The third kappa shape index (κ3) is 2.33. The van der Waals surface area contributed by atoms with Crippen LogP contribution in [0.15, 0.2) is 18.2 Å². The average Bonchev–Trinajstić information content (AvgIpc) is 2.29. The highest BCUT2D eigenvalue weighted by molar-refractivity contribution is 5.95. The zero-order valence-corrected chi connectivity index (χ0v) is 8.75. The molecule has 1 aliphatic heterocycles. The molecule has 0 unspecified atom stereocenters. The summed E-state index contributed by atoms with van der Waals surface area (Å²) in [4.78, 5) is 11.0. The predicted octanol–water partition coefficient (Wildman–Crippen LogP) is 0.718. The number of fused-ring (bicyclic) bond motifs is 1. The van der Waals surface area contributed by atoms with Gasteiger partial charge in [-0.2, -0.15) is 0 Å². The van der Waals surface area contributed by atoms with E-state index in [4.69, 9.17) is 10.5 Å². The van der Waals surface area contributed by atoms with Gasteiger partial charge in [-0.05, 0) is 18.2 Å². The van der Waals surface area contributed by atoms with Crippen LogP contribution in [0.25, 0.3) is 0 Å². The molecule has 82 valence electrons. The van der Waals surface area contributed by atoms with Gasteiger partial charge in [-0.3, -0.25) is 4.79 Å². The third-order valence-electron chi connectivity index (χ3n) is 2.12. The molecule has 2 rings (SSSR count). The Kier molecular flexibility index (Phi) is 3.08. The third-order valence-corrected chi connectivity index (χ3v) is 2.12. The first-order valence-electron chi connectivity index (χ1n) is 5.05. The van der Waals surface area contributed by atoms with Gasteiger partial charge >= 0.3 is 0 Å². The fourth-order valence-electron chi connectivity index (χ4n) is 1.39. The number of amides is 1. The Morgan fingerprint density at radius 1 is 1.50 bits per heavy atom. The predicted molar refractivity (Wildman–Crippen MR) is 61.1 cm³/mol. The number of nitrogens with one attached hydrogen (secondary N) is 1. The van der Waals surface area contributed by atoms with Gasteiger partial charge in [0.15, 0.2) is 6.61 Å². The maximum Gasteiger partial charge on any atom is 0.262 e. The summed E-state index contributed by atoms with van der Waals surface area (Å²) >= 11 is 0. The second-order valence-electron chi connectivity index (χ2n) is 3.39. The SMILES string of the molecule is NCCC#Cc1ccc2c(c1)OCC(=O)N2. The van der Waals surface area contributed by atoms with Crippen molar-refractivity contribution in [3.8, 4) is 17.6 Å². The van der Waals surface area contributed by atoms with Crippen molar-refractivity contribution in [2.24, 2.45) is 5.73 Å². The van der Waals surface area contributed by atoms with Crippen LogP contribution >= 0.6 is 0 Å². The number of rotatable bonds is 1. The molecule has 0 spiro atoms. The molecule has 4 nitrogen and oxygen atoms in total. The maximum atomic E-state index is 11.0. The summed E-state index contributed by atoms with van der Waals surface area (Å²) in [5.41, 5.74) is 6.90. The van der Waals surface area contributed by atoms with Crippen molar-refractivity contribution in [1.29, 1.82) is 0 Å². The molecule has 0 saturated carbocycles. The largest absolute Gasteiger partial charge is 0.482 e. The van der Waals surface area contributed by atoms with E-state index in [1.165, 1.54) is 0 Å². The normalized spacial score (nSPS) is 12.9. The van der Waals surface area contributed by atoms with Crippen molar-refractivity contribution in [3.63, 3.8) is 0 Å². The van der Waals surface area contributed by atoms with Crippen molar-refractivity contribution in [2.75, 3.05) is 18.5 Å². The number of carbonyl (C=O) groups is 1. The van der Waals surface area contributed by atoms with Gasteiger partial charge in [0.1, 0.15) is 5.75 Å². The van der Waals surface area contributed by atoms with E-state index in [1.54, 1.807) is 6.07 Å². The maximum absolute atomic E-state index is 11.0. The summed E-state index contributed by atoms with van der Waals surface area (Å²) in [5.74, 6) is 6.47. The molecule has 0 bridgehead atoms. The number of hydrogen-bond donors (Lipinski definition) is 2. The van der Waals surface area contributed by atoms with E-state index < -0.39 is 0 Å². The van der Waals surface area contributed by atoms with Crippen LogP contribution in [-0.4, -0.2) is 19.1 Å². The lowest BCUT2D eigenvalue weighted by atomic mass is 10.1. The summed E-state index contributed by atoms with van der Waals surface area (Å²) in [6.45, 7) is 0.622. The highest BCUT2D eigenvalue weighted by Crippen LogP contribution is 2.28. The molecule has 0 radical (unpaired) electrons. The van der Waals surface area contributed by atoms with E-state index in [9.17, 15) is 4.79 Å².